The van der Waals surface area contributed by atoms with Crippen LogP contribution in [0.3, 0.4) is 0 Å². The van der Waals surface area contributed by atoms with Crippen molar-refractivity contribution in [2.24, 2.45) is 5.10 Å². The third kappa shape index (κ3) is 5.62. The molecule has 0 radical (unpaired) electrons. The Balaban J connectivity index is 1.56. The van der Waals surface area contributed by atoms with Crippen LogP contribution in [0.25, 0.3) is 0 Å². The van der Waals surface area contributed by atoms with E-state index in [0.29, 0.717) is 12.8 Å². The molecule has 8 heteroatoms. The molecule has 1 amide bonds. The number of alkyl halides is 3. The quantitative estimate of drug-likeness (QED) is 0.582. The number of ether oxygens (including phenoxy) is 1. The van der Waals surface area contributed by atoms with Crippen LogP contribution in [0.1, 0.15) is 55.4 Å². The highest BCUT2D eigenvalue weighted by atomic mass is 19.4. The zero-order valence-corrected chi connectivity index (χ0v) is 18.1. The maximum Gasteiger partial charge on any atom is 0.417 e. The first-order valence-electron chi connectivity index (χ1n) is 10.1. The standard InChI is InChI=1S/C23H26F3N3O2/c1-15-10-16(2)12-17(11-15)19-13-22(3,4)29(28-19)21(30)6-5-9-31-20-8-7-18(14-27-20)23(24,25)26/h7-8,10-12,14H,5-6,9,13H2,1-4H3. The molecule has 2 aromatic rings. The van der Waals surface area contributed by atoms with Gasteiger partial charge in [0, 0.05) is 25.1 Å². The van der Waals surface area contributed by atoms with Gasteiger partial charge in [0.2, 0.25) is 11.8 Å². The van der Waals surface area contributed by atoms with E-state index in [4.69, 9.17) is 4.74 Å². The Hall–Kier alpha value is -2.90. The number of rotatable bonds is 6. The van der Waals surface area contributed by atoms with Crippen molar-refractivity contribution in [3.8, 4) is 5.88 Å². The summed E-state index contributed by atoms with van der Waals surface area (Å²) in [6, 6.07) is 8.33. The Kier molecular flexibility index (Phi) is 6.38. The molecule has 0 saturated heterocycles. The molecule has 166 valence electrons. The Morgan fingerprint density at radius 2 is 1.84 bits per heavy atom. The lowest BCUT2D eigenvalue weighted by Gasteiger charge is -2.28. The van der Waals surface area contributed by atoms with Gasteiger partial charge in [-0.25, -0.2) is 9.99 Å². The monoisotopic (exact) mass is 433 g/mol. The molecule has 5 nitrogen and oxygen atoms in total. The van der Waals surface area contributed by atoms with Gasteiger partial charge in [0.05, 0.1) is 23.4 Å². The highest BCUT2D eigenvalue weighted by molar-refractivity contribution is 6.03. The van der Waals surface area contributed by atoms with Crippen LogP contribution in [0, 0.1) is 13.8 Å². The first-order valence-corrected chi connectivity index (χ1v) is 10.1. The van der Waals surface area contributed by atoms with Gasteiger partial charge in [0.25, 0.3) is 0 Å². The van der Waals surface area contributed by atoms with Crippen molar-refractivity contribution in [2.45, 2.75) is 58.7 Å². The second-order valence-corrected chi connectivity index (χ2v) is 8.45. The summed E-state index contributed by atoms with van der Waals surface area (Å²) in [7, 11) is 0. The van der Waals surface area contributed by atoms with E-state index in [0.717, 1.165) is 34.7 Å². The maximum atomic E-state index is 12.8. The summed E-state index contributed by atoms with van der Waals surface area (Å²) in [6.07, 6.45) is -2.42. The van der Waals surface area contributed by atoms with E-state index in [1.807, 2.05) is 27.7 Å². The number of pyridine rings is 1. The number of carbonyl (C=O) groups excluding carboxylic acids is 1. The van der Waals surface area contributed by atoms with E-state index in [1.165, 1.54) is 11.1 Å². The van der Waals surface area contributed by atoms with Gasteiger partial charge in [-0.2, -0.15) is 18.3 Å². The molecular weight excluding hydrogens is 407 g/mol. The molecule has 0 saturated carbocycles. The van der Waals surface area contributed by atoms with Crippen LogP contribution in [-0.2, 0) is 11.0 Å². The average Bonchev–Trinajstić information content (AvgIpc) is 2.99. The van der Waals surface area contributed by atoms with Crippen LogP contribution in [-0.4, -0.2) is 33.8 Å². The van der Waals surface area contributed by atoms with Gasteiger partial charge in [0.15, 0.2) is 0 Å². The van der Waals surface area contributed by atoms with Crippen LogP contribution >= 0.6 is 0 Å². The number of aryl methyl sites for hydroxylation is 2. The molecule has 0 bridgehead atoms. The maximum absolute atomic E-state index is 12.8. The number of aromatic nitrogens is 1. The molecule has 1 aliphatic heterocycles. The number of hydrogen-bond acceptors (Lipinski definition) is 4. The second kappa shape index (κ2) is 8.69. The normalized spacial score (nSPS) is 15.7. The Bertz CT molecular complexity index is 962. The number of halogens is 3. The SMILES string of the molecule is Cc1cc(C)cc(C2=NN(C(=O)CCCOc3ccc(C(F)(F)F)cn3)C(C)(C)C2)c1. The minimum Gasteiger partial charge on any atom is -0.478 e. The van der Waals surface area contributed by atoms with Gasteiger partial charge >= 0.3 is 6.18 Å². The molecule has 0 aliphatic carbocycles. The van der Waals surface area contributed by atoms with Gasteiger partial charge in [0.1, 0.15) is 0 Å². The summed E-state index contributed by atoms with van der Waals surface area (Å²) in [5.41, 5.74) is 2.94. The molecule has 0 spiro atoms. The molecule has 0 N–H and O–H groups in total. The van der Waals surface area contributed by atoms with E-state index in [-0.39, 0.29) is 24.8 Å². The number of amides is 1. The predicted molar refractivity (Wildman–Crippen MR) is 112 cm³/mol. The highest BCUT2D eigenvalue weighted by Crippen LogP contribution is 2.31. The fourth-order valence-corrected chi connectivity index (χ4v) is 3.61. The van der Waals surface area contributed by atoms with Crippen molar-refractivity contribution in [3.63, 3.8) is 0 Å². The molecule has 0 fully saturated rings. The summed E-state index contributed by atoms with van der Waals surface area (Å²) in [4.78, 5) is 16.4. The van der Waals surface area contributed by atoms with Crippen LogP contribution in [0.5, 0.6) is 5.88 Å². The lowest BCUT2D eigenvalue weighted by Crippen LogP contribution is -2.40. The van der Waals surface area contributed by atoms with Crippen molar-refractivity contribution in [2.75, 3.05) is 6.61 Å². The van der Waals surface area contributed by atoms with E-state index < -0.39 is 17.3 Å². The fourth-order valence-electron chi connectivity index (χ4n) is 3.61. The lowest BCUT2D eigenvalue weighted by molar-refractivity contribution is -0.138. The number of carbonyl (C=O) groups is 1. The fraction of sp³-hybridized carbons (Fsp3) is 0.435. The molecular formula is C23H26F3N3O2. The molecule has 1 aliphatic rings. The Morgan fingerprint density at radius 1 is 1.16 bits per heavy atom. The van der Waals surface area contributed by atoms with E-state index in [1.54, 1.807) is 0 Å². The minimum absolute atomic E-state index is 0.0945. The summed E-state index contributed by atoms with van der Waals surface area (Å²) in [5, 5.41) is 6.14. The molecule has 3 rings (SSSR count). The number of hydrazone groups is 1. The Morgan fingerprint density at radius 3 is 2.42 bits per heavy atom. The molecule has 31 heavy (non-hydrogen) atoms. The van der Waals surface area contributed by atoms with Gasteiger partial charge in [-0.3, -0.25) is 4.79 Å². The van der Waals surface area contributed by atoms with Crippen molar-refractivity contribution in [3.05, 3.63) is 58.8 Å². The molecule has 0 unspecified atom stereocenters. The zero-order valence-electron chi connectivity index (χ0n) is 18.1. The lowest BCUT2D eigenvalue weighted by atomic mass is 9.93. The summed E-state index contributed by atoms with van der Waals surface area (Å²) >= 11 is 0. The third-order valence-electron chi connectivity index (χ3n) is 5.03. The van der Waals surface area contributed by atoms with Gasteiger partial charge in [-0.15, -0.1) is 0 Å². The van der Waals surface area contributed by atoms with E-state index in [2.05, 4.69) is 28.3 Å². The van der Waals surface area contributed by atoms with Crippen LogP contribution < -0.4 is 4.74 Å². The smallest absolute Gasteiger partial charge is 0.417 e. The number of hydrogen-bond donors (Lipinski definition) is 0. The molecule has 1 aromatic heterocycles. The summed E-state index contributed by atoms with van der Waals surface area (Å²) in [5.74, 6) is -0.0228. The number of benzene rings is 1. The van der Waals surface area contributed by atoms with Gasteiger partial charge in [-0.05, 0) is 45.7 Å². The van der Waals surface area contributed by atoms with Crippen LogP contribution in [0.15, 0.2) is 41.6 Å². The van der Waals surface area contributed by atoms with Crippen molar-refractivity contribution in [1.82, 2.24) is 9.99 Å². The highest BCUT2D eigenvalue weighted by Gasteiger charge is 2.38. The predicted octanol–water partition coefficient (Wildman–Crippen LogP) is 5.29. The average molecular weight is 433 g/mol. The summed E-state index contributed by atoms with van der Waals surface area (Å²) in [6.45, 7) is 8.20. The van der Waals surface area contributed by atoms with E-state index >= 15 is 0 Å². The van der Waals surface area contributed by atoms with Crippen molar-refractivity contribution in [1.29, 1.82) is 0 Å². The minimum atomic E-state index is -4.43. The first-order chi connectivity index (χ1) is 14.5. The van der Waals surface area contributed by atoms with Crippen LogP contribution in [0.4, 0.5) is 13.2 Å². The van der Waals surface area contributed by atoms with Crippen molar-refractivity contribution >= 4 is 11.6 Å². The van der Waals surface area contributed by atoms with Gasteiger partial charge < -0.3 is 4.74 Å². The van der Waals surface area contributed by atoms with Crippen molar-refractivity contribution < 1.29 is 22.7 Å². The molecule has 1 aromatic carbocycles. The van der Waals surface area contributed by atoms with E-state index in [9.17, 15) is 18.0 Å². The van der Waals surface area contributed by atoms with Gasteiger partial charge in [-0.1, -0.05) is 29.3 Å². The molecule has 2 heterocycles. The second-order valence-electron chi connectivity index (χ2n) is 8.45. The summed E-state index contributed by atoms with van der Waals surface area (Å²) < 4.78 is 43.1. The van der Waals surface area contributed by atoms with Crippen LogP contribution in [0.2, 0.25) is 0 Å². The molecule has 0 atom stereocenters. The third-order valence-corrected chi connectivity index (χ3v) is 5.03. The zero-order chi connectivity index (χ0) is 22.8. The Labute approximate surface area is 179 Å². The topological polar surface area (TPSA) is 54.8 Å². The number of nitrogens with zero attached hydrogens (tertiary/aromatic N) is 3. The first kappa shape index (κ1) is 22.8. The largest absolute Gasteiger partial charge is 0.478 e.